The second-order valence-corrected chi connectivity index (χ2v) is 8.39. The van der Waals surface area contributed by atoms with Gasteiger partial charge in [0.05, 0.1) is 25.2 Å². The molecule has 1 aromatic rings. The molecule has 1 aliphatic heterocycles. The number of aliphatic imine (C=N–C) groups is 1. The van der Waals surface area contributed by atoms with Crippen LogP contribution in [0.2, 0.25) is 0 Å². The van der Waals surface area contributed by atoms with Crippen LogP contribution in [0.15, 0.2) is 23.2 Å². The minimum Gasteiger partial charge on any atom is -0.496 e. The van der Waals surface area contributed by atoms with E-state index < -0.39 is 9.84 Å². The van der Waals surface area contributed by atoms with E-state index in [4.69, 9.17) is 4.74 Å². The fraction of sp³-hybridized carbons (Fsp3) is 0.588. The van der Waals surface area contributed by atoms with E-state index in [1.807, 2.05) is 32.0 Å². The highest BCUT2D eigenvalue weighted by Gasteiger charge is 2.27. The molecule has 1 aromatic carbocycles. The van der Waals surface area contributed by atoms with Crippen molar-refractivity contribution in [2.75, 3.05) is 31.7 Å². The molecule has 0 spiro atoms. The summed E-state index contributed by atoms with van der Waals surface area (Å²) in [5.41, 5.74) is 2.16. The normalized spacial score (nSPS) is 20.0. The van der Waals surface area contributed by atoms with Gasteiger partial charge in [-0.05, 0) is 37.8 Å². The van der Waals surface area contributed by atoms with Crippen LogP contribution in [0.3, 0.4) is 0 Å². The maximum Gasteiger partial charge on any atom is 0.191 e. The van der Waals surface area contributed by atoms with Crippen molar-refractivity contribution in [1.82, 2.24) is 10.6 Å². The number of rotatable bonds is 6. The van der Waals surface area contributed by atoms with Gasteiger partial charge in [-0.15, -0.1) is 0 Å². The van der Waals surface area contributed by atoms with Gasteiger partial charge in [0.1, 0.15) is 5.75 Å². The highest BCUT2D eigenvalue weighted by atomic mass is 32.2. The lowest BCUT2D eigenvalue weighted by atomic mass is 10.1. The molecular weight excluding hydrogens is 326 g/mol. The number of benzene rings is 1. The summed E-state index contributed by atoms with van der Waals surface area (Å²) >= 11 is 0. The number of nitrogens with one attached hydrogen (secondary N) is 2. The molecule has 1 aliphatic rings. The second kappa shape index (κ2) is 8.37. The van der Waals surface area contributed by atoms with Gasteiger partial charge in [-0.1, -0.05) is 12.1 Å². The Bertz CT molecular complexity index is 686. The van der Waals surface area contributed by atoms with Crippen LogP contribution in [0.5, 0.6) is 5.75 Å². The van der Waals surface area contributed by atoms with Crippen molar-refractivity contribution < 1.29 is 13.2 Å². The van der Waals surface area contributed by atoms with Crippen LogP contribution in [0.1, 0.15) is 24.5 Å². The number of guanidine groups is 1. The highest BCUT2D eigenvalue weighted by molar-refractivity contribution is 7.91. The molecule has 24 heavy (non-hydrogen) atoms. The third-order valence-electron chi connectivity index (χ3n) is 4.08. The smallest absolute Gasteiger partial charge is 0.191 e. The summed E-state index contributed by atoms with van der Waals surface area (Å²) in [4.78, 5) is 4.58. The van der Waals surface area contributed by atoms with Crippen LogP contribution in [-0.2, 0) is 16.4 Å². The van der Waals surface area contributed by atoms with Gasteiger partial charge < -0.3 is 15.4 Å². The molecule has 0 amide bonds. The summed E-state index contributed by atoms with van der Waals surface area (Å²) < 4.78 is 28.5. The number of aryl methyl sites for hydroxylation is 1. The predicted molar refractivity (Wildman–Crippen MR) is 97.3 cm³/mol. The zero-order valence-electron chi connectivity index (χ0n) is 14.6. The first kappa shape index (κ1) is 18.6. The zero-order chi connectivity index (χ0) is 17.6. The van der Waals surface area contributed by atoms with Crippen molar-refractivity contribution in [3.8, 4) is 5.75 Å². The number of hydrogen-bond donors (Lipinski definition) is 2. The van der Waals surface area contributed by atoms with Gasteiger partial charge >= 0.3 is 0 Å². The first-order valence-corrected chi connectivity index (χ1v) is 10.1. The Morgan fingerprint density at radius 3 is 2.79 bits per heavy atom. The first-order valence-electron chi connectivity index (χ1n) is 8.29. The summed E-state index contributed by atoms with van der Waals surface area (Å²) in [6.45, 7) is 5.90. The largest absolute Gasteiger partial charge is 0.496 e. The summed E-state index contributed by atoms with van der Waals surface area (Å²) in [5, 5.41) is 6.45. The number of methoxy groups -OCH3 is 1. The Labute approximate surface area is 144 Å². The Balaban J connectivity index is 1.98. The number of sulfone groups is 1. The lowest BCUT2D eigenvalue weighted by molar-refractivity contribution is 0.409. The average molecular weight is 353 g/mol. The summed E-state index contributed by atoms with van der Waals surface area (Å²) in [5.74, 6) is 2.26. The number of hydrogen-bond acceptors (Lipinski definition) is 4. The molecule has 1 fully saturated rings. The Hall–Kier alpha value is -1.76. The van der Waals surface area contributed by atoms with Crippen LogP contribution < -0.4 is 15.4 Å². The average Bonchev–Trinajstić information content (AvgIpc) is 2.90. The first-order chi connectivity index (χ1) is 11.4. The van der Waals surface area contributed by atoms with Gasteiger partial charge in [-0.2, -0.15) is 0 Å². The van der Waals surface area contributed by atoms with Gasteiger partial charge in [0.2, 0.25) is 0 Å². The van der Waals surface area contributed by atoms with Gasteiger partial charge in [0, 0.05) is 18.7 Å². The van der Waals surface area contributed by atoms with Crippen molar-refractivity contribution >= 4 is 15.8 Å². The van der Waals surface area contributed by atoms with Crippen molar-refractivity contribution in [2.24, 2.45) is 10.9 Å². The lowest BCUT2D eigenvalue weighted by Crippen LogP contribution is -2.40. The fourth-order valence-corrected chi connectivity index (χ4v) is 4.62. The van der Waals surface area contributed by atoms with Crippen molar-refractivity contribution in [1.29, 1.82) is 0 Å². The van der Waals surface area contributed by atoms with E-state index in [9.17, 15) is 8.42 Å². The van der Waals surface area contributed by atoms with Crippen LogP contribution in [0.4, 0.5) is 0 Å². The molecular formula is C17H27N3O3S. The maximum atomic E-state index is 11.5. The molecule has 0 radical (unpaired) electrons. The number of nitrogens with zero attached hydrogens (tertiary/aromatic N) is 1. The Morgan fingerprint density at radius 2 is 2.17 bits per heavy atom. The standard InChI is InChI=1S/C17H27N3O3S/c1-4-18-17(19-10-14-7-8-24(21,22)12-14)20-11-15-6-5-13(2)9-16(15)23-3/h5-6,9,14H,4,7-8,10-12H2,1-3H3,(H2,18,19,20). The fourth-order valence-electron chi connectivity index (χ4n) is 2.76. The van der Waals surface area contributed by atoms with Gasteiger partial charge in [-0.25, -0.2) is 13.4 Å². The van der Waals surface area contributed by atoms with Gasteiger partial charge in [0.25, 0.3) is 0 Å². The minimum atomic E-state index is -2.84. The van der Waals surface area contributed by atoms with Gasteiger partial charge in [-0.3, -0.25) is 0 Å². The SMILES string of the molecule is CCNC(=NCc1ccc(C)cc1OC)NCC1CCS(=O)(=O)C1. The molecule has 7 heteroatoms. The van der Waals surface area contributed by atoms with Crippen molar-refractivity contribution in [3.05, 3.63) is 29.3 Å². The van der Waals surface area contributed by atoms with Gasteiger partial charge in [0.15, 0.2) is 15.8 Å². The monoisotopic (exact) mass is 353 g/mol. The van der Waals surface area contributed by atoms with E-state index in [-0.39, 0.29) is 11.7 Å². The van der Waals surface area contributed by atoms with E-state index in [1.54, 1.807) is 7.11 Å². The molecule has 2 N–H and O–H groups in total. The molecule has 0 aromatic heterocycles. The molecule has 6 nitrogen and oxygen atoms in total. The molecule has 0 saturated carbocycles. The van der Waals surface area contributed by atoms with E-state index in [1.165, 1.54) is 0 Å². The molecule has 0 bridgehead atoms. The van der Waals surface area contributed by atoms with E-state index in [0.717, 1.165) is 29.8 Å². The minimum absolute atomic E-state index is 0.160. The van der Waals surface area contributed by atoms with Crippen LogP contribution in [0, 0.1) is 12.8 Å². The second-order valence-electron chi connectivity index (χ2n) is 6.16. The lowest BCUT2D eigenvalue weighted by Gasteiger charge is -2.14. The summed E-state index contributed by atoms with van der Waals surface area (Å²) in [6, 6.07) is 6.05. The summed E-state index contributed by atoms with van der Waals surface area (Å²) in [6.07, 6.45) is 0.723. The maximum absolute atomic E-state index is 11.5. The third kappa shape index (κ3) is 5.40. The van der Waals surface area contributed by atoms with E-state index in [2.05, 4.69) is 15.6 Å². The Morgan fingerprint density at radius 1 is 1.38 bits per heavy atom. The molecule has 1 atom stereocenters. The zero-order valence-corrected chi connectivity index (χ0v) is 15.4. The van der Waals surface area contributed by atoms with Crippen LogP contribution in [0.25, 0.3) is 0 Å². The molecule has 134 valence electrons. The summed E-state index contributed by atoms with van der Waals surface area (Å²) in [7, 11) is -1.18. The predicted octanol–water partition coefficient (Wildman–Crippen LogP) is 1.49. The highest BCUT2D eigenvalue weighted by Crippen LogP contribution is 2.20. The van der Waals surface area contributed by atoms with Crippen molar-refractivity contribution in [3.63, 3.8) is 0 Å². The van der Waals surface area contributed by atoms with Crippen molar-refractivity contribution in [2.45, 2.75) is 26.8 Å². The van der Waals surface area contributed by atoms with E-state index in [0.29, 0.717) is 24.8 Å². The topological polar surface area (TPSA) is 79.8 Å². The van der Waals surface area contributed by atoms with E-state index >= 15 is 0 Å². The molecule has 1 saturated heterocycles. The molecule has 1 heterocycles. The molecule has 2 rings (SSSR count). The van der Waals surface area contributed by atoms with Crippen LogP contribution >= 0.6 is 0 Å². The molecule has 0 aliphatic carbocycles. The quantitative estimate of drug-likeness (QED) is 0.598. The Kier molecular flexibility index (Phi) is 6.48. The molecule has 1 unspecified atom stereocenters. The third-order valence-corrected chi connectivity index (χ3v) is 5.92. The number of ether oxygens (including phenoxy) is 1. The van der Waals surface area contributed by atoms with Crippen LogP contribution in [-0.4, -0.2) is 46.1 Å².